The van der Waals surface area contributed by atoms with Gasteiger partial charge in [-0.2, -0.15) is 5.10 Å². The van der Waals surface area contributed by atoms with E-state index >= 15 is 0 Å². The van der Waals surface area contributed by atoms with Gasteiger partial charge < -0.3 is 10.1 Å². The Kier molecular flexibility index (Phi) is 6.20. The molecule has 1 heterocycles. The highest BCUT2D eigenvalue weighted by Crippen LogP contribution is 2.12. The highest BCUT2D eigenvalue weighted by atomic mass is 16.5. The molecule has 0 aliphatic heterocycles. The molecule has 1 aromatic carbocycles. The Labute approximate surface area is 137 Å². The first-order valence-electron chi connectivity index (χ1n) is 8.00. The van der Waals surface area contributed by atoms with E-state index in [2.05, 4.69) is 27.6 Å². The van der Waals surface area contributed by atoms with Crippen molar-refractivity contribution in [1.29, 1.82) is 0 Å². The van der Waals surface area contributed by atoms with Crippen LogP contribution < -0.4 is 10.1 Å². The van der Waals surface area contributed by atoms with Crippen molar-refractivity contribution in [2.75, 3.05) is 13.7 Å². The lowest BCUT2D eigenvalue weighted by Crippen LogP contribution is -2.25. The molecule has 0 spiro atoms. The molecule has 0 aliphatic rings. The van der Waals surface area contributed by atoms with Crippen LogP contribution in [0.25, 0.3) is 0 Å². The van der Waals surface area contributed by atoms with E-state index in [0.717, 1.165) is 35.5 Å². The smallest absolute Gasteiger partial charge is 0.220 e. The van der Waals surface area contributed by atoms with E-state index in [4.69, 9.17) is 4.74 Å². The van der Waals surface area contributed by atoms with E-state index in [-0.39, 0.29) is 5.91 Å². The van der Waals surface area contributed by atoms with Gasteiger partial charge in [-0.05, 0) is 49.9 Å². The lowest BCUT2D eigenvalue weighted by molar-refractivity contribution is -0.121. The molecule has 1 aromatic heterocycles. The molecule has 0 aliphatic carbocycles. The summed E-state index contributed by atoms with van der Waals surface area (Å²) in [5.74, 6) is 0.950. The number of rotatable bonds is 8. The van der Waals surface area contributed by atoms with Crippen LogP contribution in [0, 0.1) is 13.8 Å². The third kappa shape index (κ3) is 5.13. The molecule has 5 nitrogen and oxygen atoms in total. The first-order chi connectivity index (χ1) is 11.1. The van der Waals surface area contributed by atoms with Crippen LogP contribution in [0.15, 0.2) is 24.3 Å². The average Bonchev–Trinajstić information content (AvgIpc) is 2.89. The van der Waals surface area contributed by atoms with Gasteiger partial charge in [0.25, 0.3) is 0 Å². The third-order valence-corrected chi connectivity index (χ3v) is 4.07. The van der Waals surface area contributed by atoms with Crippen LogP contribution in [0.1, 0.15) is 35.4 Å². The summed E-state index contributed by atoms with van der Waals surface area (Å²) in [6.45, 7) is 4.72. The Bertz CT molecular complexity index is 632. The van der Waals surface area contributed by atoms with E-state index < -0.39 is 0 Å². The maximum atomic E-state index is 11.9. The topological polar surface area (TPSA) is 67.0 Å². The van der Waals surface area contributed by atoms with Crippen molar-refractivity contribution < 1.29 is 9.53 Å². The number of methoxy groups -OCH3 is 1. The quantitative estimate of drug-likeness (QED) is 0.736. The van der Waals surface area contributed by atoms with Crippen LogP contribution >= 0.6 is 0 Å². The predicted molar refractivity (Wildman–Crippen MR) is 90.7 cm³/mol. The third-order valence-electron chi connectivity index (χ3n) is 4.07. The number of H-pyrrole nitrogens is 1. The number of carbonyl (C=O) groups excluding carboxylic acids is 1. The fourth-order valence-electron chi connectivity index (χ4n) is 2.41. The minimum atomic E-state index is 0.0831. The van der Waals surface area contributed by atoms with Crippen molar-refractivity contribution in [1.82, 2.24) is 15.5 Å². The second-order valence-corrected chi connectivity index (χ2v) is 5.72. The van der Waals surface area contributed by atoms with Crippen LogP contribution in [-0.2, 0) is 17.6 Å². The van der Waals surface area contributed by atoms with Gasteiger partial charge in [-0.25, -0.2) is 0 Å². The van der Waals surface area contributed by atoms with E-state index in [1.54, 1.807) is 7.11 Å². The van der Waals surface area contributed by atoms with Gasteiger partial charge in [0.1, 0.15) is 5.75 Å². The first kappa shape index (κ1) is 17.1. The Morgan fingerprint density at radius 2 is 1.96 bits per heavy atom. The zero-order chi connectivity index (χ0) is 16.7. The molecule has 1 amide bonds. The molecular formula is C18H25N3O2. The molecule has 0 saturated carbocycles. The van der Waals surface area contributed by atoms with Crippen LogP contribution in [-0.4, -0.2) is 29.8 Å². The summed E-state index contributed by atoms with van der Waals surface area (Å²) < 4.78 is 5.14. The lowest BCUT2D eigenvalue weighted by atomic mass is 10.1. The molecule has 0 bridgehead atoms. The molecule has 0 atom stereocenters. The van der Waals surface area contributed by atoms with Gasteiger partial charge in [-0.1, -0.05) is 12.1 Å². The van der Waals surface area contributed by atoms with E-state index in [1.165, 1.54) is 5.56 Å². The van der Waals surface area contributed by atoms with Crippen molar-refractivity contribution >= 4 is 5.91 Å². The fraction of sp³-hybridized carbons (Fsp3) is 0.444. The number of ether oxygens (including phenoxy) is 1. The molecule has 0 saturated heterocycles. The maximum absolute atomic E-state index is 11.9. The number of aromatic nitrogens is 2. The molecule has 23 heavy (non-hydrogen) atoms. The maximum Gasteiger partial charge on any atom is 0.220 e. The second-order valence-electron chi connectivity index (χ2n) is 5.72. The Morgan fingerprint density at radius 1 is 1.22 bits per heavy atom. The molecule has 0 fully saturated rings. The van der Waals surface area contributed by atoms with Crippen molar-refractivity contribution in [2.45, 2.75) is 39.5 Å². The van der Waals surface area contributed by atoms with Gasteiger partial charge in [0, 0.05) is 25.1 Å². The molecular weight excluding hydrogens is 290 g/mol. The molecule has 5 heteroatoms. The van der Waals surface area contributed by atoms with Crippen LogP contribution in [0.3, 0.4) is 0 Å². The van der Waals surface area contributed by atoms with Crippen molar-refractivity contribution in [3.05, 3.63) is 46.8 Å². The van der Waals surface area contributed by atoms with Crippen molar-refractivity contribution in [3.63, 3.8) is 0 Å². The van der Waals surface area contributed by atoms with Crippen molar-refractivity contribution in [3.8, 4) is 5.75 Å². The minimum absolute atomic E-state index is 0.0831. The highest BCUT2D eigenvalue weighted by molar-refractivity contribution is 5.76. The normalized spacial score (nSPS) is 10.6. The van der Waals surface area contributed by atoms with E-state index in [9.17, 15) is 4.79 Å². The predicted octanol–water partition coefficient (Wildman–Crippen LogP) is 2.72. The number of hydrogen-bond acceptors (Lipinski definition) is 3. The van der Waals surface area contributed by atoms with E-state index in [1.807, 2.05) is 26.0 Å². The standard InChI is InChI=1S/C18H25N3O2/c1-13-14(2)20-21-17(13)10-11-18(22)19-12-4-5-15-6-8-16(23-3)9-7-15/h6-9H,4-5,10-12H2,1-3H3,(H,19,22)(H,20,21). The summed E-state index contributed by atoms with van der Waals surface area (Å²) in [5, 5.41) is 10.1. The number of nitrogens with one attached hydrogen (secondary N) is 2. The number of aryl methyl sites for hydroxylation is 3. The van der Waals surface area contributed by atoms with Crippen LogP contribution in [0.4, 0.5) is 0 Å². The largest absolute Gasteiger partial charge is 0.497 e. The summed E-state index contributed by atoms with van der Waals surface area (Å²) in [6, 6.07) is 8.04. The Hall–Kier alpha value is -2.30. The summed E-state index contributed by atoms with van der Waals surface area (Å²) in [5.41, 5.74) is 4.45. The molecule has 0 unspecified atom stereocenters. The Morgan fingerprint density at radius 3 is 2.57 bits per heavy atom. The highest BCUT2D eigenvalue weighted by Gasteiger charge is 2.08. The van der Waals surface area contributed by atoms with Gasteiger partial charge in [0.05, 0.1) is 12.8 Å². The molecule has 124 valence electrons. The summed E-state index contributed by atoms with van der Waals surface area (Å²) >= 11 is 0. The average molecular weight is 315 g/mol. The number of nitrogens with zero attached hydrogens (tertiary/aromatic N) is 1. The number of amides is 1. The monoisotopic (exact) mass is 315 g/mol. The molecule has 2 N–H and O–H groups in total. The number of aromatic amines is 1. The second kappa shape index (κ2) is 8.36. The van der Waals surface area contributed by atoms with Crippen LogP contribution in [0.2, 0.25) is 0 Å². The SMILES string of the molecule is COc1ccc(CCCNC(=O)CCc2n[nH]c(C)c2C)cc1. The van der Waals surface area contributed by atoms with Gasteiger partial charge in [-0.15, -0.1) is 0 Å². The van der Waals surface area contributed by atoms with E-state index in [0.29, 0.717) is 19.4 Å². The molecule has 2 rings (SSSR count). The lowest BCUT2D eigenvalue weighted by Gasteiger charge is -2.06. The van der Waals surface area contributed by atoms with Crippen molar-refractivity contribution in [2.24, 2.45) is 0 Å². The number of benzene rings is 1. The van der Waals surface area contributed by atoms with Gasteiger partial charge in [-0.3, -0.25) is 9.89 Å². The zero-order valence-corrected chi connectivity index (χ0v) is 14.1. The summed E-state index contributed by atoms with van der Waals surface area (Å²) in [6.07, 6.45) is 3.04. The molecule has 2 aromatic rings. The summed E-state index contributed by atoms with van der Waals surface area (Å²) in [4.78, 5) is 11.9. The fourth-order valence-corrected chi connectivity index (χ4v) is 2.41. The van der Waals surface area contributed by atoms with Gasteiger partial charge in [0.2, 0.25) is 5.91 Å². The number of carbonyl (C=O) groups is 1. The summed E-state index contributed by atoms with van der Waals surface area (Å²) in [7, 11) is 1.66. The molecule has 0 radical (unpaired) electrons. The zero-order valence-electron chi connectivity index (χ0n) is 14.1. The minimum Gasteiger partial charge on any atom is -0.497 e. The Balaban J connectivity index is 1.63. The number of hydrogen-bond donors (Lipinski definition) is 2. The van der Waals surface area contributed by atoms with Crippen LogP contribution in [0.5, 0.6) is 5.75 Å². The van der Waals surface area contributed by atoms with Gasteiger partial charge in [0.15, 0.2) is 0 Å². The van der Waals surface area contributed by atoms with Gasteiger partial charge >= 0.3 is 0 Å². The first-order valence-corrected chi connectivity index (χ1v) is 8.00.